The number of hydrogen-bond donors (Lipinski definition) is 2. The minimum atomic E-state index is -0.701. The lowest BCUT2D eigenvalue weighted by atomic mass is 9.32. The number of rotatable bonds is 2. The maximum atomic E-state index is 14.8. The second kappa shape index (κ2) is 7.98. The molecule has 8 nitrogen and oxygen atoms in total. The van der Waals surface area contributed by atoms with Crippen LogP contribution < -0.4 is 5.48 Å². The monoisotopic (exact) mass is 562 g/mol. The second-order valence-electron chi connectivity index (χ2n) is 16.3. The first-order chi connectivity index (χ1) is 19.1. The summed E-state index contributed by atoms with van der Waals surface area (Å²) >= 11 is 0. The number of aromatic nitrogens is 3. The molecule has 8 heteroatoms. The highest BCUT2D eigenvalue weighted by Gasteiger charge is 2.74. The van der Waals surface area contributed by atoms with Crippen LogP contribution in [0.4, 0.5) is 0 Å². The van der Waals surface area contributed by atoms with Crippen molar-refractivity contribution in [2.24, 2.45) is 33.5 Å². The molecule has 3 fully saturated rings. The standard InChI is InChI=1S/C33H46N4O4/c1-19-35-36-26(40-19)32-12-9-27(2,3)17-21(32)24-22(38)15-23-29(6,30(24,7)10-13-32)11-14-33(37-39)28(4,5)25-20(18-34-41-25)16-31(23,33)8/h15,18,21,24,37,39H,9-14,16-17H2,1-8H3/t21-,24-,29+,30+,31+,32-,33+/m0/s1. The number of nitrogens with zero attached hydrogens (tertiary/aromatic N) is 3. The van der Waals surface area contributed by atoms with Gasteiger partial charge in [0.1, 0.15) is 5.76 Å². The molecule has 0 radical (unpaired) electrons. The Morgan fingerprint density at radius 1 is 0.951 bits per heavy atom. The van der Waals surface area contributed by atoms with Gasteiger partial charge in [-0.05, 0) is 79.6 Å². The number of nitrogens with one attached hydrogen (secondary N) is 1. The molecule has 0 aliphatic heterocycles. The zero-order valence-electron chi connectivity index (χ0n) is 26.0. The van der Waals surface area contributed by atoms with E-state index >= 15 is 0 Å². The van der Waals surface area contributed by atoms with Gasteiger partial charge >= 0.3 is 0 Å². The molecule has 41 heavy (non-hydrogen) atoms. The lowest BCUT2D eigenvalue weighted by molar-refractivity contribution is -0.172. The van der Waals surface area contributed by atoms with Crippen molar-refractivity contribution in [3.05, 3.63) is 41.0 Å². The largest absolute Gasteiger partial charge is 0.425 e. The topological polar surface area (TPSA) is 114 Å². The van der Waals surface area contributed by atoms with Crippen LogP contribution in [0.1, 0.15) is 117 Å². The van der Waals surface area contributed by atoms with Gasteiger partial charge in [-0.2, -0.15) is 5.48 Å². The van der Waals surface area contributed by atoms with Crippen LogP contribution in [0.15, 0.2) is 26.8 Å². The number of carbonyl (C=O) groups is 1. The molecule has 0 spiro atoms. The van der Waals surface area contributed by atoms with Crippen molar-refractivity contribution in [2.75, 3.05) is 0 Å². The van der Waals surface area contributed by atoms with Crippen molar-refractivity contribution in [1.82, 2.24) is 20.8 Å². The van der Waals surface area contributed by atoms with Crippen LogP contribution >= 0.6 is 0 Å². The first-order valence-corrected chi connectivity index (χ1v) is 15.5. The van der Waals surface area contributed by atoms with E-state index in [0.717, 1.165) is 62.2 Å². The molecule has 0 saturated heterocycles. The summed E-state index contributed by atoms with van der Waals surface area (Å²) in [5, 5.41) is 24.0. The summed E-state index contributed by atoms with van der Waals surface area (Å²) in [6, 6.07) is 0. The minimum absolute atomic E-state index is 0.127. The van der Waals surface area contributed by atoms with Crippen molar-refractivity contribution in [3.8, 4) is 0 Å². The molecule has 2 heterocycles. The molecule has 2 N–H and O–H groups in total. The highest BCUT2D eigenvalue weighted by molar-refractivity contribution is 5.95. The van der Waals surface area contributed by atoms with Crippen LogP contribution in [0.3, 0.4) is 0 Å². The molecule has 2 aromatic heterocycles. The number of hydrogen-bond acceptors (Lipinski definition) is 8. The maximum Gasteiger partial charge on any atom is 0.222 e. The normalized spacial score (nSPS) is 44.1. The number of fused-ring (bicyclic) bond motifs is 8. The van der Waals surface area contributed by atoms with Crippen molar-refractivity contribution >= 4 is 5.78 Å². The molecule has 5 aliphatic carbocycles. The molecule has 2 aromatic rings. The Hall–Kier alpha value is -2.32. The van der Waals surface area contributed by atoms with Crippen LogP contribution in [-0.2, 0) is 22.0 Å². The van der Waals surface area contributed by atoms with Gasteiger partial charge < -0.3 is 14.1 Å². The Bertz CT molecular complexity index is 1470. The van der Waals surface area contributed by atoms with Crippen molar-refractivity contribution in [1.29, 1.82) is 0 Å². The molecule has 0 amide bonds. The summed E-state index contributed by atoms with van der Waals surface area (Å²) in [4.78, 5) is 14.8. The Morgan fingerprint density at radius 2 is 1.68 bits per heavy atom. The number of ketones is 1. The fourth-order valence-corrected chi connectivity index (χ4v) is 11.3. The smallest absolute Gasteiger partial charge is 0.222 e. The zero-order chi connectivity index (χ0) is 29.4. The Morgan fingerprint density at radius 3 is 2.37 bits per heavy atom. The van der Waals surface area contributed by atoms with Gasteiger partial charge in [0.05, 0.1) is 17.2 Å². The second-order valence-corrected chi connectivity index (χ2v) is 16.3. The SMILES string of the molecule is Cc1nnc([C@]23CCC(C)(C)C[C@H]2[C@H]2C(=O)C=C4[C@@](C)(CC[C@@]5(NO)C(C)(C)c6oncc6C[C@]45C)[C@]2(C)CC3)o1. The predicted molar refractivity (Wildman–Crippen MR) is 152 cm³/mol. The number of allylic oxidation sites excluding steroid dienone is 1. The van der Waals surface area contributed by atoms with Gasteiger partial charge in [0.2, 0.25) is 11.8 Å². The van der Waals surface area contributed by atoms with E-state index in [1.54, 1.807) is 0 Å². The zero-order valence-corrected chi connectivity index (χ0v) is 26.0. The quantitative estimate of drug-likeness (QED) is 0.404. The molecule has 7 rings (SSSR count). The van der Waals surface area contributed by atoms with Gasteiger partial charge in [-0.15, -0.1) is 10.2 Å². The van der Waals surface area contributed by atoms with Crippen LogP contribution in [-0.4, -0.2) is 31.9 Å². The number of hydroxylamine groups is 1. The van der Waals surface area contributed by atoms with Gasteiger partial charge in [0.25, 0.3) is 0 Å². The molecule has 0 unspecified atom stereocenters. The van der Waals surface area contributed by atoms with E-state index in [0.29, 0.717) is 12.3 Å². The first kappa shape index (κ1) is 27.5. The van der Waals surface area contributed by atoms with E-state index in [1.807, 2.05) is 19.2 Å². The third-order valence-corrected chi connectivity index (χ3v) is 13.9. The van der Waals surface area contributed by atoms with E-state index in [-0.39, 0.29) is 39.3 Å². The summed E-state index contributed by atoms with van der Waals surface area (Å²) in [6.45, 7) is 17.9. The molecule has 0 aromatic carbocycles. The summed E-state index contributed by atoms with van der Waals surface area (Å²) in [7, 11) is 0. The summed E-state index contributed by atoms with van der Waals surface area (Å²) in [5.41, 5.74) is 2.76. The number of carbonyl (C=O) groups excluding carboxylic acids is 1. The van der Waals surface area contributed by atoms with Gasteiger partial charge in [0, 0.05) is 29.2 Å². The summed E-state index contributed by atoms with van der Waals surface area (Å²) in [6.07, 6.45) is 11.0. The van der Waals surface area contributed by atoms with Crippen LogP contribution in [0, 0.1) is 40.4 Å². The van der Waals surface area contributed by atoms with Gasteiger partial charge in [0.15, 0.2) is 5.78 Å². The van der Waals surface area contributed by atoms with E-state index < -0.39 is 16.4 Å². The van der Waals surface area contributed by atoms with E-state index in [9.17, 15) is 10.0 Å². The third kappa shape index (κ3) is 3.04. The Balaban J connectivity index is 1.42. The summed E-state index contributed by atoms with van der Waals surface area (Å²) < 4.78 is 12.0. The third-order valence-electron chi connectivity index (χ3n) is 13.9. The average Bonchev–Trinajstić information content (AvgIpc) is 3.55. The van der Waals surface area contributed by atoms with Gasteiger partial charge in [-0.3, -0.25) is 4.79 Å². The van der Waals surface area contributed by atoms with Gasteiger partial charge in [-0.1, -0.05) is 59.2 Å². The van der Waals surface area contributed by atoms with Crippen LogP contribution in [0.2, 0.25) is 0 Å². The first-order valence-electron chi connectivity index (χ1n) is 15.5. The molecule has 0 bridgehead atoms. The maximum absolute atomic E-state index is 14.8. The van der Waals surface area contributed by atoms with E-state index in [2.05, 4.69) is 69.3 Å². The molecule has 7 atom stereocenters. The molecule has 222 valence electrons. The highest BCUT2D eigenvalue weighted by Crippen LogP contribution is 2.75. The van der Waals surface area contributed by atoms with E-state index in [4.69, 9.17) is 8.94 Å². The van der Waals surface area contributed by atoms with Crippen molar-refractivity contribution in [3.63, 3.8) is 0 Å². The lowest BCUT2D eigenvalue weighted by Crippen LogP contribution is -2.75. The summed E-state index contributed by atoms with van der Waals surface area (Å²) in [5.74, 6) is 2.39. The Labute approximate surface area is 243 Å². The molecule has 3 saturated carbocycles. The Kier molecular flexibility index (Phi) is 5.36. The highest BCUT2D eigenvalue weighted by atomic mass is 16.5. The van der Waals surface area contributed by atoms with Crippen LogP contribution in [0.25, 0.3) is 0 Å². The molecular formula is C33H46N4O4. The van der Waals surface area contributed by atoms with Crippen molar-refractivity contribution < 1.29 is 18.9 Å². The lowest BCUT2D eigenvalue weighted by Gasteiger charge is -2.71. The van der Waals surface area contributed by atoms with Crippen molar-refractivity contribution in [2.45, 2.75) is 123 Å². The molecular weight excluding hydrogens is 516 g/mol. The van der Waals surface area contributed by atoms with E-state index in [1.165, 1.54) is 5.57 Å². The fourth-order valence-electron chi connectivity index (χ4n) is 11.3. The number of aryl methyl sites for hydroxylation is 1. The fraction of sp³-hybridized carbons (Fsp3) is 0.758. The predicted octanol–water partition coefficient (Wildman–Crippen LogP) is 6.41. The van der Waals surface area contributed by atoms with Gasteiger partial charge in [-0.25, -0.2) is 0 Å². The minimum Gasteiger partial charge on any atom is -0.425 e. The molecule has 5 aliphatic rings. The van der Waals surface area contributed by atoms with Crippen LogP contribution in [0.5, 0.6) is 0 Å². The average molecular weight is 563 g/mol.